The van der Waals surface area contributed by atoms with Gasteiger partial charge in [-0.2, -0.15) is 0 Å². The molecule has 0 saturated heterocycles. The van der Waals surface area contributed by atoms with Crippen molar-refractivity contribution in [1.82, 2.24) is 0 Å². The van der Waals surface area contributed by atoms with Crippen molar-refractivity contribution < 1.29 is 29.0 Å². The van der Waals surface area contributed by atoms with Gasteiger partial charge < -0.3 is 25.2 Å². The molecule has 0 bridgehead atoms. The van der Waals surface area contributed by atoms with Gasteiger partial charge in [0.15, 0.2) is 6.61 Å². The second kappa shape index (κ2) is 8.91. The van der Waals surface area contributed by atoms with Crippen molar-refractivity contribution in [3.8, 4) is 11.5 Å². The summed E-state index contributed by atoms with van der Waals surface area (Å²) >= 11 is 5.70. The first-order chi connectivity index (χ1) is 12.8. The van der Waals surface area contributed by atoms with Gasteiger partial charge in [0.05, 0.1) is 12.8 Å². The van der Waals surface area contributed by atoms with E-state index in [4.69, 9.17) is 21.1 Å². The molecule has 27 heavy (non-hydrogen) atoms. The van der Waals surface area contributed by atoms with Gasteiger partial charge in [-0.25, -0.2) is 4.79 Å². The highest BCUT2D eigenvalue weighted by Gasteiger charge is 2.16. The average molecular weight is 393 g/mol. The molecule has 2 aromatic carbocycles. The van der Waals surface area contributed by atoms with E-state index in [1.165, 1.54) is 38.3 Å². The molecule has 0 unspecified atom stereocenters. The Kier molecular flexibility index (Phi) is 6.62. The molecular weight excluding hydrogens is 376 g/mol. The van der Waals surface area contributed by atoms with E-state index in [0.29, 0.717) is 17.1 Å². The Balaban J connectivity index is 2.02. The minimum atomic E-state index is -0.877. The number of phenolic OH excluding ortho intramolecular Hbond substituents is 1. The lowest BCUT2D eigenvalue weighted by Crippen LogP contribution is -2.21. The number of benzene rings is 2. The van der Waals surface area contributed by atoms with Crippen molar-refractivity contribution in [2.75, 3.05) is 24.4 Å². The quantitative estimate of drug-likeness (QED) is 0.651. The van der Waals surface area contributed by atoms with Crippen LogP contribution in [0, 0.1) is 0 Å². The highest BCUT2D eigenvalue weighted by molar-refractivity contribution is 6.30. The Morgan fingerprint density at radius 3 is 2.48 bits per heavy atom. The van der Waals surface area contributed by atoms with E-state index in [2.05, 4.69) is 10.6 Å². The summed E-state index contributed by atoms with van der Waals surface area (Å²) in [5.41, 5.74) is 0.637. The van der Waals surface area contributed by atoms with Gasteiger partial charge in [-0.15, -0.1) is 0 Å². The number of hydrogen-bond donors (Lipinski definition) is 3. The molecule has 0 fully saturated rings. The van der Waals surface area contributed by atoms with Gasteiger partial charge >= 0.3 is 5.97 Å². The van der Waals surface area contributed by atoms with Gasteiger partial charge in [0.2, 0.25) is 5.91 Å². The summed E-state index contributed by atoms with van der Waals surface area (Å²) < 4.78 is 10.0. The molecule has 2 amide bonds. The first-order valence-corrected chi connectivity index (χ1v) is 8.09. The van der Waals surface area contributed by atoms with E-state index >= 15 is 0 Å². The summed E-state index contributed by atoms with van der Waals surface area (Å²) in [6.07, 6.45) is 0. The SMILES string of the molecule is COc1ccc(NC(C)=O)cc1NC(=O)COC(=O)c1ccc(Cl)cc1O. The number of phenols is 1. The zero-order chi connectivity index (χ0) is 20.0. The van der Waals surface area contributed by atoms with E-state index in [0.717, 1.165) is 0 Å². The molecule has 3 N–H and O–H groups in total. The zero-order valence-corrected chi connectivity index (χ0v) is 15.3. The van der Waals surface area contributed by atoms with Crippen LogP contribution in [0.4, 0.5) is 11.4 Å². The fourth-order valence-electron chi connectivity index (χ4n) is 2.16. The molecule has 2 rings (SSSR count). The molecule has 8 nitrogen and oxygen atoms in total. The van der Waals surface area contributed by atoms with Crippen LogP contribution in [0.1, 0.15) is 17.3 Å². The number of rotatable bonds is 6. The Morgan fingerprint density at radius 1 is 1.11 bits per heavy atom. The molecule has 0 aliphatic heterocycles. The van der Waals surface area contributed by atoms with Gasteiger partial charge in [0, 0.05) is 17.6 Å². The summed E-state index contributed by atoms with van der Waals surface area (Å²) in [7, 11) is 1.42. The number of esters is 1. The molecule has 0 spiro atoms. The number of carbonyl (C=O) groups is 3. The Morgan fingerprint density at radius 2 is 1.85 bits per heavy atom. The normalized spacial score (nSPS) is 10.0. The summed E-state index contributed by atoms with van der Waals surface area (Å²) in [6, 6.07) is 8.58. The number of halogens is 1. The summed E-state index contributed by atoms with van der Waals surface area (Å²) in [5.74, 6) is -1.76. The van der Waals surface area contributed by atoms with Crippen LogP contribution >= 0.6 is 11.6 Å². The standard InChI is InChI=1S/C18H17ClN2O6/c1-10(22)20-12-4-6-16(26-2)14(8-12)21-17(24)9-27-18(25)13-5-3-11(19)7-15(13)23/h3-8,23H,9H2,1-2H3,(H,20,22)(H,21,24). The van der Waals surface area contributed by atoms with Gasteiger partial charge in [0.1, 0.15) is 17.1 Å². The second-order valence-electron chi connectivity index (χ2n) is 5.38. The monoisotopic (exact) mass is 392 g/mol. The van der Waals surface area contributed by atoms with Crippen LogP contribution in [0.15, 0.2) is 36.4 Å². The fraction of sp³-hybridized carbons (Fsp3) is 0.167. The van der Waals surface area contributed by atoms with Crippen LogP contribution in [-0.2, 0) is 14.3 Å². The predicted octanol–water partition coefficient (Wildman–Crippen LogP) is 2.81. The first-order valence-electron chi connectivity index (χ1n) is 7.71. The van der Waals surface area contributed by atoms with Gasteiger partial charge in [-0.1, -0.05) is 11.6 Å². The minimum absolute atomic E-state index is 0.113. The van der Waals surface area contributed by atoms with Gasteiger partial charge in [-0.05, 0) is 36.4 Å². The third kappa shape index (κ3) is 5.61. The average Bonchev–Trinajstić information content (AvgIpc) is 2.59. The van der Waals surface area contributed by atoms with Crippen LogP contribution in [0.2, 0.25) is 5.02 Å². The Hall–Kier alpha value is -3.26. The number of anilines is 2. The number of hydrogen-bond acceptors (Lipinski definition) is 6. The van der Waals surface area contributed by atoms with E-state index in [-0.39, 0.29) is 22.2 Å². The third-order valence-corrected chi connectivity index (χ3v) is 3.54. The Bertz CT molecular complexity index is 884. The Labute approximate surface area is 160 Å². The van der Waals surface area contributed by atoms with Crippen molar-refractivity contribution in [1.29, 1.82) is 0 Å². The van der Waals surface area contributed by atoms with Crippen molar-refractivity contribution in [3.63, 3.8) is 0 Å². The lowest BCUT2D eigenvalue weighted by atomic mass is 10.2. The molecule has 0 heterocycles. The van der Waals surface area contributed by atoms with Crippen LogP contribution < -0.4 is 15.4 Å². The molecule has 0 aromatic heterocycles. The number of amides is 2. The van der Waals surface area contributed by atoms with E-state index in [1.54, 1.807) is 12.1 Å². The van der Waals surface area contributed by atoms with Gasteiger partial charge in [0.25, 0.3) is 5.91 Å². The molecule has 0 radical (unpaired) electrons. The van der Waals surface area contributed by atoms with Crippen molar-refractivity contribution in [2.45, 2.75) is 6.92 Å². The number of ether oxygens (including phenoxy) is 2. The largest absolute Gasteiger partial charge is 0.507 e. The maximum atomic E-state index is 12.1. The first kappa shape index (κ1) is 20.1. The summed E-state index contributed by atoms with van der Waals surface area (Å²) in [6.45, 7) is 0.766. The lowest BCUT2D eigenvalue weighted by molar-refractivity contribution is -0.119. The highest BCUT2D eigenvalue weighted by Crippen LogP contribution is 2.28. The summed E-state index contributed by atoms with van der Waals surface area (Å²) in [4.78, 5) is 35.2. The van der Waals surface area contributed by atoms with E-state index < -0.39 is 18.5 Å². The molecule has 142 valence electrons. The van der Waals surface area contributed by atoms with Crippen molar-refractivity contribution >= 4 is 40.8 Å². The van der Waals surface area contributed by atoms with Crippen molar-refractivity contribution in [2.24, 2.45) is 0 Å². The minimum Gasteiger partial charge on any atom is -0.507 e. The number of methoxy groups -OCH3 is 1. The molecular formula is C18H17ClN2O6. The molecule has 0 saturated carbocycles. The predicted molar refractivity (Wildman–Crippen MR) is 99.3 cm³/mol. The fourth-order valence-corrected chi connectivity index (χ4v) is 2.33. The molecule has 2 aromatic rings. The molecule has 9 heteroatoms. The number of aromatic hydroxyl groups is 1. The highest BCUT2D eigenvalue weighted by atomic mass is 35.5. The van der Waals surface area contributed by atoms with Crippen molar-refractivity contribution in [3.05, 3.63) is 47.0 Å². The van der Waals surface area contributed by atoms with Crippen LogP contribution in [-0.4, -0.2) is 36.6 Å². The maximum Gasteiger partial charge on any atom is 0.342 e. The smallest absolute Gasteiger partial charge is 0.342 e. The topological polar surface area (TPSA) is 114 Å². The third-order valence-electron chi connectivity index (χ3n) is 3.31. The molecule has 0 aliphatic rings. The number of carbonyl (C=O) groups excluding carboxylic acids is 3. The summed E-state index contributed by atoms with van der Waals surface area (Å²) in [5, 5.41) is 15.1. The van der Waals surface area contributed by atoms with E-state index in [1.807, 2.05) is 0 Å². The van der Waals surface area contributed by atoms with Gasteiger partial charge in [-0.3, -0.25) is 9.59 Å². The van der Waals surface area contributed by atoms with Crippen LogP contribution in [0.25, 0.3) is 0 Å². The van der Waals surface area contributed by atoms with Crippen LogP contribution in [0.5, 0.6) is 11.5 Å². The second-order valence-corrected chi connectivity index (χ2v) is 5.82. The van der Waals surface area contributed by atoms with E-state index in [9.17, 15) is 19.5 Å². The lowest BCUT2D eigenvalue weighted by Gasteiger charge is -2.12. The molecule has 0 atom stereocenters. The molecule has 0 aliphatic carbocycles. The zero-order valence-electron chi connectivity index (χ0n) is 14.5. The van der Waals surface area contributed by atoms with Crippen LogP contribution in [0.3, 0.4) is 0 Å². The number of nitrogens with one attached hydrogen (secondary N) is 2. The maximum absolute atomic E-state index is 12.1.